The number of benzene rings is 1. The number of anilines is 1. The van der Waals surface area contributed by atoms with Gasteiger partial charge in [-0.15, -0.1) is 0 Å². The van der Waals surface area contributed by atoms with Gasteiger partial charge in [0.2, 0.25) is 0 Å². The first kappa shape index (κ1) is 13.2. The fraction of sp³-hybridized carbons (Fsp3) is 0.438. The van der Waals surface area contributed by atoms with Crippen molar-refractivity contribution < 1.29 is 4.74 Å². The molecule has 20 heavy (non-hydrogen) atoms. The van der Waals surface area contributed by atoms with Gasteiger partial charge >= 0.3 is 0 Å². The summed E-state index contributed by atoms with van der Waals surface area (Å²) in [6, 6.07) is 12.5. The molecule has 4 nitrogen and oxygen atoms in total. The highest BCUT2D eigenvalue weighted by molar-refractivity contribution is 5.63. The predicted octanol–water partition coefficient (Wildman–Crippen LogP) is 2.70. The van der Waals surface area contributed by atoms with Gasteiger partial charge in [-0.1, -0.05) is 30.3 Å². The lowest BCUT2D eigenvalue weighted by molar-refractivity contribution is -0.00548. The lowest BCUT2D eigenvalue weighted by atomic mass is 10.1. The van der Waals surface area contributed by atoms with Crippen LogP contribution in [0.5, 0.6) is 0 Å². The van der Waals surface area contributed by atoms with E-state index in [-0.39, 0.29) is 12.2 Å². The standard InChI is InChI=1S/C16H21N3O/c1-12-10-19(11-13(2)20-12)16-9-15(18(3)17-16)14-7-5-4-6-8-14/h4-9,12-13H,10-11H2,1-3H3. The summed E-state index contributed by atoms with van der Waals surface area (Å²) < 4.78 is 7.74. The molecule has 2 unspecified atom stereocenters. The largest absolute Gasteiger partial charge is 0.372 e. The Hall–Kier alpha value is -1.81. The van der Waals surface area contributed by atoms with E-state index in [0.717, 1.165) is 24.6 Å². The maximum absolute atomic E-state index is 5.78. The van der Waals surface area contributed by atoms with Crippen LogP contribution in [0, 0.1) is 0 Å². The normalized spacial score (nSPS) is 23.1. The second-order valence-electron chi connectivity index (χ2n) is 5.54. The first-order valence-corrected chi connectivity index (χ1v) is 7.13. The summed E-state index contributed by atoms with van der Waals surface area (Å²) in [4.78, 5) is 2.31. The molecule has 0 spiro atoms. The van der Waals surface area contributed by atoms with Crippen LogP contribution >= 0.6 is 0 Å². The molecule has 2 heterocycles. The Morgan fingerprint density at radius 3 is 2.40 bits per heavy atom. The van der Waals surface area contributed by atoms with Crippen molar-refractivity contribution in [3.05, 3.63) is 36.4 Å². The number of nitrogens with zero attached hydrogens (tertiary/aromatic N) is 3. The van der Waals surface area contributed by atoms with E-state index < -0.39 is 0 Å². The molecule has 3 rings (SSSR count). The zero-order valence-corrected chi connectivity index (χ0v) is 12.3. The third-order valence-corrected chi connectivity index (χ3v) is 3.68. The third kappa shape index (κ3) is 2.56. The monoisotopic (exact) mass is 271 g/mol. The Morgan fingerprint density at radius 2 is 1.75 bits per heavy atom. The summed E-state index contributed by atoms with van der Waals surface area (Å²) in [6.07, 6.45) is 0.502. The topological polar surface area (TPSA) is 30.3 Å². The van der Waals surface area contributed by atoms with Crippen molar-refractivity contribution in [1.82, 2.24) is 9.78 Å². The number of hydrogen-bond acceptors (Lipinski definition) is 3. The van der Waals surface area contributed by atoms with Gasteiger partial charge in [-0.2, -0.15) is 5.10 Å². The molecule has 0 saturated carbocycles. The van der Waals surface area contributed by atoms with E-state index in [4.69, 9.17) is 4.74 Å². The van der Waals surface area contributed by atoms with E-state index >= 15 is 0 Å². The van der Waals surface area contributed by atoms with Gasteiger partial charge in [0.1, 0.15) is 0 Å². The molecule has 0 aliphatic carbocycles. The Labute approximate surface area is 120 Å². The van der Waals surface area contributed by atoms with E-state index in [1.165, 1.54) is 5.56 Å². The molecule has 2 atom stereocenters. The Morgan fingerprint density at radius 1 is 1.10 bits per heavy atom. The minimum atomic E-state index is 0.251. The molecule has 1 aliphatic rings. The number of morpholine rings is 1. The van der Waals surface area contributed by atoms with Crippen molar-refractivity contribution in [2.75, 3.05) is 18.0 Å². The van der Waals surface area contributed by atoms with Crippen molar-refractivity contribution in [3.8, 4) is 11.3 Å². The third-order valence-electron chi connectivity index (χ3n) is 3.68. The van der Waals surface area contributed by atoms with Crippen LogP contribution in [0.15, 0.2) is 36.4 Å². The number of ether oxygens (including phenoxy) is 1. The molecule has 2 aromatic rings. The van der Waals surface area contributed by atoms with Gasteiger partial charge in [-0.25, -0.2) is 0 Å². The first-order valence-electron chi connectivity index (χ1n) is 7.13. The Kier molecular flexibility index (Phi) is 3.49. The van der Waals surface area contributed by atoms with Crippen molar-refractivity contribution in [2.24, 2.45) is 7.05 Å². The van der Waals surface area contributed by atoms with Crippen LogP contribution in [0.25, 0.3) is 11.3 Å². The molecule has 0 radical (unpaired) electrons. The zero-order valence-electron chi connectivity index (χ0n) is 12.3. The van der Waals surface area contributed by atoms with E-state index in [1.54, 1.807) is 0 Å². The quantitative estimate of drug-likeness (QED) is 0.841. The average molecular weight is 271 g/mol. The fourth-order valence-electron chi connectivity index (χ4n) is 2.85. The van der Waals surface area contributed by atoms with Gasteiger partial charge < -0.3 is 9.64 Å². The van der Waals surface area contributed by atoms with Gasteiger partial charge in [-0.3, -0.25) is 4.68 Å². The van der Waals surface area contributed by atoms with Crippen LogP contribution in [-0.4, -0.2) is 35.1 Å². The summed E-state index contributed by atoms with van der Waals surface area (Å²) >= 11 is 0. The van der Waals surface area contributed by atoms with Crippen LogP contribution in [-0.2, 0) is 11.8 Å². The SMILES string of the molecule is CC1CN(c2cc(-c3ccccc3)n(C)n2)CC(C)O1. The molecule has 106 valence electrons. The average Bonchev–Trinajstić information content (AvgIpc) is 2.81. The van der Waals surface area contributed by atoms with Crippen LogP contribution in [0.3, 0.4) is 0 Å². The molecule has 1 fully saturated rings. The fourth-order valence-corrected chi connectivity index (χ4v) is 2.85. The van der Waals surface area contributed by atoms with Crippen LogP contribution in [0.2, 0.25) is 0 Å². The Bertz CT molecular complexity index is 569. The minimum Gasteiger partial charge on any atom is -0.372 e. The predicted molar refractivity (Wildman–Crippen MR) is 80.9 cm³/mol. The van der Waals surface area contributed by atoms with Gasteiger partial charge in [0.25, 0.3) is 0 Å². The highest BCUT2D eigenvalue weighted by Gasteiger charge is 2.24. The van der Waals surface area contributed by atoms with E-state index in [1.807, 2.05) is 17.8 Å². The summed E-state index contributed by atoms with van der Waals surface area (Å²) in [5.41, 5.74) is 2.34. The summed E-state index contributed by atoms with van der Waals surface area (Å²) in [7, 11) is 2.00. The summed E-state index contributed by atoms with van der Waals surface area (Å²) in [5, 5.41) is 4.67. The maximum Gasteiger partial charge on any atom is 0.151 e. The van der Waals surface area contributed by atoms with Gasteiger partial charge in [0, 0.05) is 26.2 Å². The van der Waals surface area contributed by atoms with Crippen molar-refractivity contribution in [3.63, 3.8) is 0 Å². The maximum atomic E-state index is 5.78. The molecule has 0 bridgehead atoms. The van der Waals surface area contributed by atoms with Crippen molar-refractivity contribution in [1.29, 1.82) is 0 Å². The van der Waals surface area contributed by atoms with Crippen molar-refractivity contribution >= 4 is 5.82 Å². The lowest BCUT2D eigenvalue weighted by Crippen LogP contribution is -2.45. The highest BCUT2D eigenvalue weighted by Crippen LogP contribution is 2.25. The second kappa shape index (κ2) is 5.29. The summed E-state index contributed by atoms with van der Waals surface area (Å²) in [6.45, 7) is 6.03. The van der Waals surface area contributed by atoms with Gasteiger partial charge in [-0.05, 0) is 19.4 Å². The van der Waals surface area contributed by atoms with Crippen molar-refractivity contribution in [2.45, 2.75) is 26.1 Å². The molecule has 4 heteroatoms. The molecule has 1 aliphatic heterocycles. The molecule has 1 saturated heterocycles. The minimum absolute atomic E-state index is 0.251. The zero-order chi connectivity index (χ0) is 14.1. The number of aryl methyl sites for hydroxylation is 1. The van der Waals surface area contributed by atoms with Gasteiger partial charge in [0.05, 0.1) is 17.9 Å². The van der Waals surface area contributed by atoms with Crippen LogP contribution < -0.4 is 4.90 Å². The molecule has 1 aromatic heterocycles. The van der Waals surface area contributed by atoms with Crippen LogP contribution in [0.1, 0.15) is 13.8 Å². The second-order valence-corrected chi connectivity index (χ2v) is 5.54. The van der Waals surface area contributed by atoms with E-state index in [2.05, 4.69) is 54.2 Å². The molecule has 0 amide bonds. The summed E-state index contributed by atoms with van der Waals surface area (Å²) in [5.74, 6) is 1.04. The number of aromatic nitrogens is 2. The van der Waals surface area contributed by atoms with Gasteiger partial charge in [0.15, 0.2) is 5.82 Å². The lowest BCUT2D eigenvalue weighted by Gasteiger charge is -2.35. The molecular formula is C16H21N3O. The molecule has 1 aromatic carbocycles. The smallest absolute Gasteiger partial charge is 0.151 e. The van der Waals surface area contributed by atoms with E-state index in [9.17, 15) is 0 Å². The van der Waals surface area contributed by atoms with Crippen LogP contribution in [0.4, 0.5) is 5.82 Å². The Balaban J connectivity index is 1.89. The number of hydrogen-bond donors (Lipinski definition) is 0. The molecular weight excluding hydrogens is 250 g/mol. The van der Waals surface area contributed by atoms with E-state index in [0.29, 0.717) is 0 Å². The molecule has 0 N–H and O–H groups in total. The first-order chi connectivity index (χ1) is 9.63. The number of rotatable bonds is 2. The highest BCUT2D eigenvalue weighted by atomic mass is 16.5.